The first-order valence-corrected chi connectivity index (χ1v) is 10.0. The Hall–Kier alpha value is -2.37. The molecule has 1 saturated carbocycles. The number of pyridine rings is 2. The predicted octanol–water partition coefficient (Wildman–Crippen LogP) is 4.80. The van der Waals surface area contributed by atoms with Crippen LogP contribution in [-0.2, 0) is 0 Å². The van der Waals surface area contributed by atoms with Crippen LogP contribution in [0.4, 0.5) is 21.8 Å². The first-order valence-electron chi connectivity index (χ1n) is 10.0. The number of hydrogen-bond donors (Lipinski definition) is 2. The Labute approximate surface area is 162 Å². The van der Waals surface area contributed by atoms with E-state index in [0.29, 0.717) is 5.82 Å². The molecule has 4 N–H and O–H groups in total. The summed E-state index contributed by atoms with van der Waals surface area (Å²) >= 11 is 0. The molecule has 2 fully saturated rings. The van der Waals surface area contributed by atoms with Gasteiger partial charge >= 0.3 is 0 Å². The Kier molecular flexibility index (Phi) is 9.38. The highest BCUT2D eigenvalue weighted by atomic mass is 19.1. The number of anilines is 3. The molecule has 148 valence electrons. The van der Waals surface area contributed by atoms with Crippen molar-refractivity contribution in [3.05, 3.63) is 42.3 Å². The lowest BCUT2D eigenvalue weighted by Gasteiger charge is -2.27. The Bertz CT molecular complexity index is 626. The number of piperidine rings is 1. The number of nitrogens with zero attached hydrogens (tertiary/aromatic N) is 3. The average molecular weight is 374 g/mol. The van der Waals surface area contributed by atoms with Crippen molar-refractivity contribution in [3.8, 4) is 0 Å². The maximum Gasteiger partial charge on any atom is 0.214 e. The van der Waals surface area contributed by atoms with Gasteiger partial charge in [0.25, 0.3) is 0 Å². The van der Waals surface area contributed by atoms with Crippen molar-refractivity contribution >= 4 is 17.5 Å². The second-order valence-corrected chi connectivity index (χ2v) is 6.97. The van der Waals surface area contributed by atoms with E-state index in [4.69, 9.17) is 11.5 Å². The lowest BCUT2D eigenvalue weighted by molar-refractivity contribution is 0.504. The molecule has 0 radical (unpaired) electrons. The van der Waals surface area contributed by atoms with Crippen LogP contribution >= 0.6 is 0 Å². The van der Waals surface area contributed by atoms with Gasteiger partial charge in [-0.3, -0.25) is 0 Å². The van der Waals surface area contributed by atoms with Crippen LogP contribution < -0.4 is 16.4 Å². The second kappa shape index (κ2) is 12.1. The first kappa shape index (κ1) is 20.9. The highest BCUT2D eigenvalue weighted by Crippen LogP contribution is 2.18. The molecule has 0 bridgehead atoms. The average Bonchev–Trinajstić information content (AvgIpc) is 2.71. The maximum atomic E-state index is 12.0. The molecule has 5 nitrogen and oxygen atoms in total. The minimum atomic E-state index is -0.537. The molecule has 2 aliphatic rings. The summed E-state index contributed by atoms with van der Waals surface area (Å²) in [6.07, 6.45) is 12.9. The lowest BCUT2D eigenvalue weighted by atomic mass is 10.0. The van der Waals surface area contributed by atoms with Crippen LogP contribution in [0.2, 0.25) is 0 Å². The highest BCUT2D eigenvalue weighted by Gasteiger charge is 2.11. The van der Waals surface area contributed by atoms with E-state index in [1.54, 1.807) is 0 Å². The highest BCUT2D eigenvalue weighted by molar-refractivity contribution is 5.44. The van der Waals surface area contributed by atoms with Crippen LogP contribution in [0.15, 0.2) is 36.4 Å². The van der Waals surface area contributed by atoms with Crippen LogP contribution in [-0.4, -0.2) is 23.1 Å². The summed E-state index contributed by atoms with van der Waals surface area (Å²) < 4.78 is 12.0. The van der Waals surface area contributed by atoms with Crippen LogP contribution in [0.3, 0.4) is 0 Å². The minimum absolute atomic E-state index is 0.213. The molecular weight excluding hydrogens is 341 g/mol. The Balaban J connectivity index is 0.000000159. The number of rotatable bonds is 1. The summed E-state index contributed by atoms with van der Waals surface area (Å²) in [6, 6.07) is 10.1. The van der Waals surface area contributed by atoms with Gasteiger partial charge in [0, 0.05) is 13.1 Å². The number of nitrogen functional groups attached to an aromatic ring is 2. The monoisotopic (exact) mass is 373 g/mol. The van der Waals surface area contributed by atoms with E-state index in [1.807, 2.05) is 18.2 Å². The zero-order chi connectivity index (χ0) is 19.3. The van der Waals surface area contributed by atoms with Crippen molar-refractivity contribution in [2.24, 2.45) is 0 Å². The fourth-order valence-corrected chi connectivity index (χ4v) is 3.22. The Morgan fingerprint density at radius 2 is 1.15 bits per heavy atom. The quantitative estimate of drug-likeness (QED) is 0.702. The predicted molar refractivity (Wildman–Crippen MR) is 111 cm³/mol. The number of hydrogen-bond acceptors (Lipinski definition) is 5. The van der Waals surface area contributed by atoms with Crippen LogP contribution in [0.5, 0.6) is 0 Å². The van der Waals surface area contributed by atoms with E-state index in [2.05, 4.69) is 14.9 Å². The van der Waals surface area contributed by atoms with Crippen LogP contribution in [0.1, 0.15) is 57.8 Å². The maximum absolute atomic E-state index is 12.0. The first-order chi connectivity index (χ1) is 13.1. The molecular formula is C21H32FN5. The molecule has 6 heteroatoms. The normalized spacial score (nSPS) is 16.4. The smallest absolute Gasteiger partial charge is 0.214 e. The van der Waals surface area contributed by atoms with E-state index in [1.165, 1.54) is 76.0 Å². The van der Waals surface area contributed by atoms with E-state index in [0.717, 1.165) is 18.9 Å². The summed E-state index contributed by atoms with van der Waals surface area (Å²) in [4.78, 5) is 9.89. The van der Waals surface area contributed by atoms with Gasteiger partial charge in [-0.15, -0.1) is 0 Å². The van der Waals surface area contributed by atoms with Gasteiger partial charge in [0.1, 0.15) is 17.5 Å². The minimum Gasteiger partial charge on any atom is -0.384 e. The van der Waals surface area contributed by atoms with Gasteiger partial charge in [0.15, 0.2) is 0 Å². The topological polar surface area (TPSA) is 81.1 Å². The van der Waals surface area contributed by atoms with Crippen molar-refractivity contribution in [2.75, 3.05) is 29.5 Å². The van der Waals surface area contributed by atoms with Crippen molar-refractivity contribution in [2.45, 2.75) is 57.8 Å². The Morgan fingerprint density at radius 3 is 1.59 bits per heavy atom. The Morgan fingerprint density at radius 1 is 0.667 bits per heavy atom. The summed E-state index contributed by atoms with van der Waals surface area (Å²) in [5.74, 6) is 1.32. The van der Waals surface area contributed by atoms with Crippen molar-refractivity contribution < 1.29 is 4.39 Å². The lowest BCUT2D eigenvalue weighted by Crippen LogP contribution is -2.30. The molecule has 2 aromatic heterocycles. The van der Waals surface area contributed by atoms with Crippen LogP contribution in [0.25, 0.3) is 0 Å². The summed E-state index contributed by atoms with van der Waals surface area (Å²) in [5, 5.41) is 0. The van der Waals surface area contributed by atoms with E-state index >= 15 is 0 Å². The largest absolute Gasteiger partial charge is 0.384 e. The second-order valence-electron chi connectivity index (χ2n) is 6.97. The summed E-state index contributed by atoms with van der Waals surface area (Å²) in [5.41, 5.74) is 10.7. The van der Waals surface area contributed by atoms with Gasteiger partial charge in [-0.25, -0.2) is 9.97 Å². The molecule has 0 amide bonds. The third kappa shape index (κ3) is 8.71. The van der Waals surface area contributed by atoms with Crippen LogP contribution in [0, 0.1) is 5.95 Å². The zero-order valence-electron chi connectivity index (χ0n) is 16.1. The van der Waals surface area contributed by atoms with E-state index in [-0.39, 0.29) is 5.82 Å². The standard InChI is InChI=1S/C10H15N3.C6H12.C5H5FN2/c11-9-5-4-6-10(12-9)13-7-2-1-3-8-13;1-2-4-6-5-3-1;6-4-2-1-3-5(7)8-4/h4-6H,1-3,7-8H2,(H2,11,12);1-6H2;1-3H,(H2,7,8). The van der Waals surface area contributed by atoms with Crippen molar-refractivity contribution in [1.29, 1.82) is 0 Å². The molecule has 2 aromatic rings. The number of aromatic nitrogens is 2. The van der Waals surface area contributed by atoms with Gasteiger partial charge in [-0.1, -0.05) is 50.7 Å². The summed E-state index contributed by atoms with van der Waals surface area (Å²) in [7, 11) is 0. The molecule has 1 aliphatic carbocycles. The van der Waals surface area contributed by atoms with Crippen molar-refractivity contribution in [3.63, 3.8) is 0 Å². The van der Waals surface area contributed by atoms with Gasteiger partial charge in [-0.05, 0) is 43.5 Å². The number of nitrogens with two attached hydrogens (primary N) is 2. The SMILES string of the molecule is C1CCCCC1.Nc1cccc(F)n1.Nc1cccc(N2CCCCC2)n1. The molecule has 0 atom stereocenters. The van der Waals surface area contributed by atoms with Gasteiger partial charge in [-0.2, -0.15) is 4.39 Å². The molecule has 3 heterocycles. The molecule has 0 spiro atoms. The van der Waals surface area contributed by atoms with Gasteiger partial charge in [0.2, 0.25) is 5.95 Å². The van der Waals surface area contributed by atoms with Crippen molar-refractivity contribution in [1.82, 2.24) is 9.97 Å². The fraction of sp³-hybridized carbons (Fsp3) is 0.524. The molecule has 1 saturated heterocycles. The molecule has 4 rings (SSSR count). The molecule has 1 aliphatic heterocycles. The van der Waals surface area contributed by atoms with Gasteiger partial charge < -0.3 is 16.4 Å². The molecule has 0 aromatic carbocycles. The molecule has 27 heavy (non-hydrogen) atoms. The van der Waals surface area contributed by atoms with E-state index in [9.17, 15) is 4.39 Å². The number of halogens is 1. The summed E-state index contributed by atoms with van der Waals surface area (Å²) in [6.45, 7) is 2.24. The molecule has 0 unspecified atom stereocenters. The van der Waals surface area contributed by atoms with E-state index < -0.39 is 5.95 Å². The third-order valence-corrected chi connectivity index (χ3v) is 4.67. The fourth-order valence-electron chi connectivity index (χ4n) is 3.22. The zero-order valence-corrected chi connectivity index (χ0v) is 16.1. The third-order valence-electron chi connectivity index (χ3n) is 4.67. The van der Waals surface area contributed by atoms with Gasteiger partial charge in [0.05, 0.1) is 0 Å².